The molecular weight excluding hydrogens is 172 g/mol. The van der Waals surface area contributed by atoms with E-state index in [1.54, 1.807) is 4.90 Å². The quantitative estimate of drug-likeness (QED) is 0.531. The normalized spacial score (nSPS) is 16.6. The van der Waals surface area contributed by atoms with Gasteiger partial charge in [0.1, 0.15) is 0 Å². The Morgan fingerprint density at radius 1 is 1.69 bits per heavy atom. The predicted octanol–water partition coefficient (Wildman–Crippen LogP) is -0.930. The summed E-state index contributed by atoms with van der Waals surface area (Å²) in [6.45, 7) is 2.39. The Morgan fingerprint density at radius 3 is 3.08 bits per heavy atom. The summed E-state index contributed by atoms with van der Waals surface area (Å²) < 4.78 is 0. The highest BCUT2D eigenvalue weighted by Gasteiger charge is 2.16. The van der Waals surface area contributed by atoms with Gasteiger partial charge in [0.05, 0.1) is 0 Å². The van der Waals surface area contributed by atoms with Crippen LogP contribution >= 0.6 is 0 Å². The fraction of sp³-hybridized carbons (Fsp3) is 0.714. The maximum Gasteiger partial charge on any atom is 0.317 e. The average molecular weight is 186 g/mol. The molecule has 1 aliphatic heterocycles. The van der Waals surface area contributed by atoms with Gasteiger partial charge < -0.3 is 21.3 Å². The van der Waals surface area contributed by atoms with Gasteiger partial charge in [-0.15, -0.1) is 0 Å². The van der Waals surface area contributed by atoms with E-state index in [2.05, 4.69) is 10.6 Å². The van der Waals surface area contributed by atoms with Gasteiger partial charge in [-0.3, -0.25) is 0 Å². The lowest BCUT2D eigenvalue weighted by atomic mass is 10.3. The van der Waals surface area contributed by atoms with E-state index in [9.17, 15) is 9.59 Å². The molecule has 0 aromatic rings. The van der Waals surface area contributed by atoms with Crippen LogP contribution in [0, 0.1) is 0 Å². The van der Waals surface area contributed by atoms with Crippen molar-refractivity contribution in [3.05, 3.63) is 0 Å². The molecule has 1 rings (SSSR count). The van der Waals surface area contributed by atoms with Crippen LogP contribution in [0.5, 0.6) is 0 Å². The molecule has 1 fully saturated rings. The van der Waals surface area contributed by atoms with Crippen molar-refractivity contribution >= 4 is 12.1 Å². The molecule has 0 aromatic carbocycles. The molecule has 1 saturated heterocycles. The summed E-state index contributed by atoms with van der Waals surface area (Å²) in [7, 11) is 0. The molecule has 6 nitrogen and oxygen atoms in total. The molecule has 0 spiro atoms. The summed E-state index contributed by atoms with van der Waals surface area (Å²) in [6, 6.07) is -0.630. The average Bonchev–Trinajstić information content (AvgIpc) is 2.08. The first-order valence-electron chi connectivity index (χ1n) is 4.26. The van der Waals surface area contributed by atoms with Crippen LogP contribution in [0.4, 0.5) is 9.59 Å². The van der Waals surface area contributed by atoms with E-state index in [-0.39, 0.29) is 6.03 Å². The highest BCUT2D eigenvalue weighted by molar-refractivity contribution is 5.75. The molecule has 0 atom stereocenters. The Hall–Kier alpha value is -1.46. The van der Waals surface area contributed by atoms with Crippen molar-refractivity contribution in [1.82, 2.24) is 15.5 Å². The minimum atomic E-state index is -0.558. The van der Waals surface area contributed by atoms with Crippen molar-refractivity contribution in [1.29, 1.82) is 0 Å². The zero-order valence-corrected chi connectivity index (χ0v) is 7.38. The number of carbonyl (C=O) groups is 2. The zero-order valence-electron chi connectivity index (χ0n) is 7.38. The van der Waals surface area contributed by atoms with Gasteiger partial charge in [-0.1, -0.05) is 0 Å². The summed E-state index contributed by atoms with van der Waals surface area (Å²) in [6.07, 6.45) is 0.947. The second kappa shape index (κ2) is 4.54. The fourth-order valence-corrected chi connectivity index (χ4v) is 1.21. The van der Waals surface area contributed by atoms with E-state index < -0.39 is 6.03 Å². The molecule has 0 unspecified atom stereocenters. The predicted molar refractivity (Wildman–Crippen MR) is 47.2 cm³/mol. The number of urea groups is 2. The van der Waals surface area contributed by atoms with Crippen molar-refractivity contribution in [2.75, 3.05) is 26.2 Å². The number of hydrogen-bond acceptors (Lipinski definition) is 2. The molecule has 0 saturated carbocycles. The first kappa shape index (κ1) is 9.63. The minimum absolute atomic E-state index is 0.0717. The number of amides is 4. The van der Waals surface area contributed by atoms with Gasteiger partial charge in [-0.05, 0) is 6.42 Å². The van der Waals surface area contributed by atoms with Crippen molar-refractivity contribution in [3.63, 3.8) is 0 Å². The monoisotopic (exact) mass is 186 g/mol. The molecule has 4 amide bonds. The number of rotatable bonds is 3. The maximum atomic E-state index is 11.1. The Kier molecular flexibility index (Phi) is 3.36. The van der Waals surface area contributed by atoms with E-state index in [0.29, 0.717) is 13.1 Å². The van der Waals surface area contributed by atoms with Crippen LogP contribution in [-0.2, 0) is 0 Å². The Labute approximate surface area is 76.4 Å². The molecular formula is C7H14N4O2. The van der Waals surface area contributed by atoms with E-state index in [0.717, 1.165) is 19.5 Å². The lowest BCUT2D eigenvalue weighted by Gasteiger charge is -2.27. The second-order valence-electron chi connectivity index (χ2n) is 2.86. The Morgan fingerprint density at radius 2 is 2.46 bits per heavy atom. The third-order valence-electron chi connectivity index (χ3n) is 1.85. The molecule has 1 aliphatic rings. The van der Waals surface area contributed by atoms with Crippen LogP contribution in [-0.4, -0.2) is 43.1 Å². The van der Waals surface area contributed by atoms with Crippen LogP contribution in [0.2, 0.25) is 0 Å². The zero-order chi connectivity index (χ0) is 9.68. The lowest BCUT2D eigenvalue weighted by Crippen LogP contribution is -2.49. The molecule has 74 valence electrons. The maximum absolute atomic E-state index is 11.1. The molecule has 1 heterocycles. The largest absolute Gasteiger partial charge is 0.352 e. The second-order valence-corrected chi connectivity index (χ2v) is 2.86. The summed E-state index contributed by atoms with van der Waals surface area (Å²) in [5, 5.41) is 5.14. The SMILES string of the molecule is NC(=O)NCCN1CCCNC1=O. The first-order chi connectivity index (χ1) is 6.20. The Bertz CT molecular complexity index is 207. The van der Waals surface area contributed by atoms with Crippen molar-refractivity contribution in [2.24, 2.45) is 5.73 Å². The van der Waals surface area contributed by atoms with Crippen LogP contribution in [0.25, 0.3) is 0 Å². The highest BCUT2D eigenvalue weighted by Crippen LogP contribution is 1.97. The van der Waals surface area contributed by atoms with Crippen LogP contribution in [0.1, 0.15) is 6.42 Å². The first-order valence-corrected chi connectivity index (χ1v) is 4.26. The minimum Gasteiger partial charge on any atom is -0.352 e. The molecule has 0 bridgehead atoms. The third kappa shape index (κ3) is 3.18. The van der Waals surface area contributed by atoms with E-state index in [1.165, 1.54) is 0 Å². The number of hydrogen-bond donors (Lipinski definition) is 3. The van der Waals surface area contributed by atoms with Crippen molar-refractivity contribution in [3.8, 4) is 0 Å². The topological polar surface area (TPSA) is 87.5 Å². The van der Waals surface area contributed by atoms with Crippen molar-refractivity contribution < 1.29 is 9.59 Å². The van der Waals surface area contributed by atoms with E-state index in [1.807, 2.05) is 0 Å². The smallest absolute Gasteiger partial charge is 0.317 e. The number of carbonyl (C=O) groups excluding carboxylic acids is 2. The van der Waals surface area contributed by atoms with Crippen LogP contribution in [0.3, 0.4) is 0 Å². The lowest BCUT2D eigenvalue weighted by molar-refractivity contribution is 0.186. The molecule has 13 heavy (non-hydrogen) atoms. The van der Waals surface area contributed by atoms with Gasteiger partial charge in [0.2, 0.25) is 0 Å². The summed E-state index contributed by atoms with van der Waals surface area (Å²) in [4.78, 5) is 23.1. The van der Waals surface area contributed by atoms with Crippen molar-refractivity contribution in [2.45, 2.75) is 6.42 Å². The Balaban J connectivity index is 2.19. The van der Waals surface area contributed by atoms with E-state index >= 15 is 0 Å². The van der Waals surface area contributed by atoms with Gasteiger partial charge in [-0.25, -0.2) is 9.59 Å². The number of nitrogens with two attached hydrogens (primary N) is 1. The van der Waals surface area contributed by atoms with Gasteiger partial charge in [0.25, 0.3) is 0 Å². The van der Waals surface area contributed by atoms with Gasteiger partial charge in [-0.2, -0.15) is 0 Å². The molecule has 0 radical (unpaired) electrons. The molecule has 0 aromatic heterocycles. The molecule has 6 heteroatoms. The summed E-state index contributed by atoms with van der Waals surface area (Å²) in [5.74, 6) is 0. The highest BCUT2D eigenvalue weighted by atomic mass is 16.2. The summed E-state index contributed by atoms with van der Waals surface area (Å²) in [5.41, 5.74) is 4.87. The van der Waals surface area contributed by atoms with Crippen LogP contribution < -0.4 is 16.4 Å². The van der Waals surface area contributed by atoms with Crippen LogP contribution in [0.15, 0.2) is 0 Å². The van der Waals surface area contributed by atoms with Gasteiger partial charge in [0.15, 0.2) is 0 Å². The third-order valence-corrected chi connectivity index (χ3v) is 1.85. The number of primary amides is 1. The van der Waals surface area contributed by atoms with Gasteiger partial charge in [0, 0.05) is 26.2 Å². The molecule has 0 aliphatic carbocycles. The standard InChI is InChI=1S/C7H14N4O2/c8-6(12)9-3-5-11-4-1-2-10-7(11)13/h1-5H2,(H,10,13)(H3,8,9,12). The summed E-state index contributed by atoms with van der Waals surface area (Å²) >= 11 is 0. The fourth-order valence-electron chi connectivity index (χ4n) is 1.21. The molecule has 4 N–H and O–H groups in total. The number of nitrogens with one attached hydrogen (secondary N) is 2. The number of nitrogens with zero attached hydrogens (tertiary/aromatic N) is 1. The van der Waals surface area contributed by atoms with E-state index in [4.69, 9.17) is 5.73 Å². The van der Waals surface area contributed by atoms with Gasteiger partial charge >= 0.3 is 12.1 Å².